The molecule has 0 atom stereocenters. The van der Waals surface area contributed by atoms with Crippen molar-refractivity contribution in [2.75, 3.05) is 12.4 Å². The van der Waals surface area contributed by atoms with E-state index in [0.29, 0.717) is 38.2 Å². The van der Waals surface area contributed by atoms with Crippen molar-refractivity contribution in [3.05, 3.63) is 68.9 Å². The lowest BCUT2D eigenvalue weighted by Gasteiger charge is -1.98. The summed E-state index contributed by atoms with van der Waals surface area (Å²) in [6.07, 6.45) is 0. The van der Waals surface area contributed by atoms with Crippen LogP contribution in [0, 0.1) is 10.1 Å². The van der Waals surface area contributed by atoms with Gasteiger partial charge in [-0.1, -0.05) is 12.1 Å². The molecule has 1 amide bonds. The van der Waals surface area contributed by atoms with Crippen molar-refractivity contribution >= 4 is 60.5 Å². The number of non-ortho nitro benzene ring substituents is 1. The Morgan fingerprint density at radius 1 is 1.19 bits per heavy atom. The number of carbonyl (C=O) groups is 1. The van der Waals surface area contributed by atoms with Gasteiger partial charge in [0, 0.05) is 33.0 Å². The van der Waals surface area contributed by atoms with Gasteiger partial charge in [0.15, 0.2) is 22.2 Å². The predicted molar refractivity (Wildman–Crippen MR) is 120 cm³/mol. The minimum atomic E-state index is -0.457. The second-order valence-electron chi connectivity index (χ2n) is 6.57. The molecule has 10 heteroatoms. The number of nitrogens with one attached hydrogen (secondary N) is 1. The average molecular weight is 451 g/mol. The highest BCUT2D eigenvalue weighted by Crippen LogP contribution is 2.35. The van der Waals surface area contributed by atoms with Gasteiger partial charge in [0.1, 0.15) is 5.69 Å². The fourth-order valence-corrected chi connectivity index (χ4v) is 4.82. The van der Waals surface area contributed by atoms with E-state index < -0.39 is 4.92 Å². The summed E-state index contributed by atoms with van der Waals surface area (Å²) in [6.45, 7) is 0. The smallest absolute Gasteiger partial charge is 0.270 e. The predicted octanol–water partition coefficient (Wildman–Crippen LogP) is 5.94. The zero-order valence-electron chi connectivity index (χ0n) is 15.9. The molecule has 0 unspecified atom stereocenters. The first kappa shape index (κ1) is 19.2. The number of thiophene rings is 1. The molecule has 5 rings (SSSR count). The van der Waals surface area contributed by atoms with Gasteiger partial charge in [-0.2, -0.15) is 0 Å². The maximum atomic E-state index is 12.7. The monoisotopic (exact) mass is 451 g/mol. The van der Waals surface area contributed by atoms with E-state index in [1.54, 1.807) is 24.6 Å². The second-order valence-corrected chi connectivity index (χ2v) is 8.51. The molecule has 3 heterocycles. The first-order valence-electron chi connectivity index (χ1n) is 9.03. The Kier molecular flexibility index (Phi) is 4.64. The van der Waals surface area contributed by atoms with Crippen LogP contribution in [0.5, 0.6) is 5.75 Å². The molecule has 3 aromatic heterocycles. The fourth-order valence-electron chi connectivity index (χ4n) is 3.18. The number of amides is 1. The van der Waals surface area contributed by atoms with E-state index in [1.807, 2.05) is 24.3 Å². The molecule has 0 spiro atoms. The lowest BCUT2D eigenvalue weighted by molar-refractivity contribution is -0.384. The summed E-state index contributed by atoms with van der Waals surface area (Å²) in [5.41, 5.74) is 1.23. The standard InChI is InChI=1S/C21H13N3O5S2/c1-28-15-4-2-3-11-8-16(29-19(11)15)14-10-30-21(22-14)23-20(25)18-9-12-7-13(24(26)27)5-6-17(12)31-18/h2-10H,1H3,(H,22,23,25). The Balaban J connectivity index is 1.39. The largest absolute Gasteiger partial charge is 0.493 e. The summed E-state index contributed by atoms with van der Waals surface area (Å²) in [7, 11) is 1.58. The molecule has 0 fully saturated rings. The van der Waals surface area contributed by atoms with Crippen LogP contribution in [0.1, 0.15) is 9.67 Å². The first-order valence-corrected chi connectivity index (χ1v) is 10.7. The number of hydrogen-bond donors (Lipinski definition) is 1. The number of nitro groups is 1. The van der Waals surface area contributed by atoms with Crippen LogP contribution >= 0.6 is 22.7 Å². The third-order valence-corrected chi connectivity index (χ3v) is 6.51. The number of para-hydroxylation sites is 1. The molecule has 8 nitrogen and oxygen atoms in total. The summed E-state index contributed by atoms with van der Waals surface area (Å²) < 4.78 is 12.0. The normalized spacial score (nSPS) is 11.1. The molecule has 0 aliphatic heterocycles. The van der Waals surface area contributed by atoms with Gasteiger partial charge in [-0.3, -0.25) is 20.2 Å². The second kappa shape index (κ2) is 7.49. The van der Waals surface area contributed by atoms with Crippen LogP contribution in [0.15, 0.2) is 58.3 Å². The highest BCUT2D eigenvalue weighted by atomic mass is 32.1. The van der Waals surface area contributed by atoms with E-state index in [-0.39, 0.29) is 11.6 Å². The van der Waals surface area contributed by atoms with E-state index in [4.69, 9.17) is 9.15 Å². The third-order valence-electron chi connectivity index (χ3n) is 4.64. The van der Waals surface area contributed by atoms with Crippen LogP contribution < -0.4 is 10.1 Å². The van der Waals surface area contributed by atoms with Crippen LogP contribution in [0.25, 0.3) is 32.5 Å². The van der Waals surface area contributed by atoms with E-state index in [1.165, 1.54) is 34.8 Å². The number of methoxy groups -OCH3 is 1. The Hall–Kier alpha value is -3.76. The number of anilines is 1. The van der Waals surface area contributed by atoms with E-state index >= 15 is 0 Å². The van der Waals surface area contributed by atoms with E-state index in [2.05, 4.69) is 10.3 Å². The first-order chi connectivity index (χ1) is 15.0. The number of nitro benzene ring substituents is 1. The summed E-state index contributed by atoms with van der Waals surface area (Å²) >= 11 is 2.55. The van der Waals surface area contributed by atoms with Crippen molar-refractivity contribution in [1.82, 2.24) is 4.98 Å². The zero-order valence-corrected chi connectivity index (χ0v) is 17.6. The molecule has 2 aromatic carbocycles. The van der Waals surface area contributed by atoms with Crippen LogP contribution in [-0.2, 0) is 0 Å². The van der Waals surface area contributed by atoms with Gasteiger partial charge in [0.05, 0.1) is 16.9 Å². The maximum absolute atomic E-state index is 12.7. The Morgan fingerprint density at radius 3 is 2.87 bits per heavy atom. The van der Waals surface area contributed by atoms with Gasteiger partial charge in [-0.05, 0) is 24.3 Å². The molecular formula is C21H13N3O5S2. The molecule has 0 aliphatic carbocycles. The fraction of sp³-hybridized carbons (Fsp3) is 0.0476. The zero-order chi connectivity index (χ0) is 21.5. The molecule has 1 N–H and O–H groups in total. The van der Waals surface area contributed by atoms with Gasteiger partial charge in [0.25, 0.3) is 11.6 Å². The van der Waals surface area contributed by atoms with Crippen LogP contribution in [0.4, 0.5) is 10.8 Å². The average Bonchev–Trinajstić information content (AvgIpc) is 3.49. The summed E-state index contributed by atoms with van der Waals surface area (Å²) in [5.74, 6) is 0.888. The number of nitrogens with zero attached hydrogens (tertiary/aromatic N) is 2. The highest BCUT2D eigenvalue weighted by Gasteiger charge is 2.17. The summed E-state index contributed by atoms with van der Waals surface area (Å²) in [6, 6.07) is 13.7. The molecule has 5 aromatic rings. The van der Waals surface area contributed by atoms with Crippen molar-refractivity contribution in [1.29, 1.82) is 0 Å². The quantitative estimate of drug-likeness (QED) is 0.262. The summed E-state index contributed by atoms with van der Waals surface area (Å²) in [5, 5.41) is 17.5. The molecule has 0 saturated carbocycles. The van der Waals surface area contributed by atoms with Crippen molar-refractivity contribution in [3.63, 3.8) is 0 Å². The van der Waals surface area contributed by atoms with Crippen molar-refractivity contribution < 1.29 is 18.9 Å². The molecule has 154 valence electrons. The Labute approximate surface area is 182 Å². The minimum Gasteiger partial charge on any atom is -0.493 e. The van der Waals surface area contributed by atoms with Gasteiger partial charge in [-0.25, -0.2) is 4.98 Å². The molecule has 0 saturated heterocycles. The van der Waals surface area contributed by atoms with Crippen LogP contribution in [-0.4, -0.2) is 22.9 Å². The molecular weight excluding hydrogens is 438 g/mol. The Bertz CT molecular complexity index is 1470. The van der Waals surface area contributed by atoms with Gasteiger partial charge < -0.3 is 9.15 Å². The number of benzene rings is 2. The van der Waals surface area contributed by atoms with Crippen molar-refractivity contribution in [2.45, 2.75) is 0 Å². The number of furan rings is 1. The third kappa shape index (κ3) is 3.51. The lowest BCUT2D eigenvalue weighted by atomic mass is 10.2. The number of aromatic nitrogens is 1. The topological polar surface area (TPSA) is 108 Å². The number of rotatable bonds is 5. The minimum absolute atomic E-state index is 0.00992. The number of fused-ring (bicyclic) bond motifs is 2. The molecule has 0 aliphatic rings. The number of carbonyl (C=O) groups excluding carboxylic acids is 1. The van der Waals surface area contributed by atoms with Crippen molar-refractivity contribution in [3.8, 4) is 17.2 Å². The van der Waals surface area contributed by atoms with Gasteiger partial charge in [-0.15, -0.1) is 22.7 Å². The number of ether oxygens (including phenoxy) is 1. The molecule has 0 bridgehead atoms. The van der Waals surface area contributed by atoms with Gasteiger partial charge in [0.2, 0.25) is 0 Å². The molecule has 31 heavy (non-hydrogen) atoms. The number of hydrogen-bond acceptors (Lipinski definition) is 8. The summed E-state index contributed by atoms with van der Waals surface area (Å²) in [4.78, 5) is 28.1. The van der Waals surface area contributed by atoms with Crippen molar-refractivity contribution in [2.24, 2.45) is 0 Å². The van der Waals surface area contributed by atoms with Gasteiger partial charge >= 0.3 is 0 Å². The highest BCUT2D eigenvalue weighted by molar-refractivity contribution is 7.21. The van der Waals surface area contributed by atoms with Crippen LogP contribution in [0.2, 0.25) is 0 Å². The Morgan fingerprint density at radius 2 is 2.06 bits per heavy atom. The number of thiazole rings is 1. The van der Waals surface area contributed by atoms with Crippen LogP contribution in [0.3, 0.4) is 0 Å². The van der Waals surface area contributed by atoms with E-state index in [9.17, 15) is 14.9 Å². The SMILES string of the molecule is COc1cccc2cc(-c3csc(NC(=O)c4cc5cc([N+](=O)[O-])ccc5s4)n3)oc12. The van der Waals surface area contributed by atoms with E-state index in [0.717, 1.165) is 10.1 Å². The molecule has 0 radical (unpaired) electrons. The maximum Gasteiger partial charge on any atom is 0.270 e. The lowest BCUT2D eigenvalue weighted by Crippen LogP contribution is -2.09.